The van der Waals surface area contributed by atoms with Crippen LogP contribution in [0.1, 0.15) is 32.6 Å². The monoisotopic (exact) mass is 288 g/mol. The van der Waals surface area contributed by atoms with Crippen LogP contribution in [-0.4, -0.2) is 55.2 Å². The van der Waals surface area contributed by atoms with Crippen molar-refractivity contribution in [2.45, 2.75) is 32.6 Å². The van der Waals surface area contributed by atoms with Crippen LogP contribution in [0.2, 0.25) is 0 Å². The van der Waals surface area contributed by atoms with E-state index >= 15 is 0 Å². The molecule has 0 aliphatic carbocycles. The van der Waals surface area contributed by atoms with Crippen molar-refractivity contribution in [2.75, 3.05) is 27.2 Å². The van der Waals surface area contributed by atoms with E-state index in [0.29, 0.717) is 13.0 Å². The first-order valence-corrected chi connectivity index (χ1v) is 6.68. The molecule has 0 rings (SSSR count). The zero-order chi connectivity index (χ0) is 15.5. The minimum absolute atomic E-state index is 0.0987. The van der Waals surface area contributed by atoms with Crippen LogP contribution >= 0.6 is 0 Å². The number of rotatable bonds is 9. The van der Waals surface area contributed by atoms with Gasteiger partial charge in [0.1, 0.15) is 6.54 Å². The molecule has 0 aromatic rings. The third-order valence-corrected chi connectivity index (χ3v) is 3.11. The van der Waals surface area contributed by atoms with Gasteiger partial charge in [-0.2, -0.15) is 0 Å². The Bertz CT molecular complexity index is 333. The number of esters is 1. The second-order valence-corrected chi connectivity index (χ2v) is 4.66. The zero-order valence-corrected chi connectivity index (χ0v) is 12.3. The van der Waals surface area contributed by atoms with Crippen LogP contribution in [0.25, 0.3) is 0 Å². The number of carboxylic acids is 1. The topological polar surface area (TPSA) is 95.9 Å². The highest BCUT2D eigenvalue weighted by atomic mass is 16.5. The van der Waals surface area contributed by atoms with Gasteiger partial charge in [-0.15, -0.1) is 0 Å². The number of carboxylic acid groups (broad SMARTS) is 1. The van der Waals surface area contributed by atoms with Crippen molar-refractivity contribution in [3.63, 3.8) is 0 Å². The molecule has 7 nitrogen and oxygen atoms in total. The Balaban J connectivity index is 3.93. The summed E-state index contributed by atoms with van der Waals surface area (Å²) in [7, 11) is 2.77. The molecule has 0 aliphatic rings. The number of likely N-dealkylation sites (N-methyl/N-ethyl adjacent to an activating group) is 1. The number of carbonyl (C=O) groups excluding carboxylic acids is 2. The Hall–Kier alpha value is -1.79. The van der Waals surface area contributed by atoms with Crippen molar-refractivity contribution in [1.82, 2.24) is 10.2 Å². The standard InChI is InChI=1S/C13H24N2O5/c1-4-10(5-6-11(16)17)7-8-14-13(19)15(2)9-12(18)20-3/h10H,4-9H2,1-3H3,(H,14,19)(H,16,17). The average Bonchev–Trinajstić information content (AvgIpc) is 2.41. The highest BCUT2D eigenvalue weighted by Crippen LogP contribution is 2.14. The van der Waals surface area contributed by atoms with Gasteiger partial charge in [-0.1, -0.05) is 13.3 Å². The summed E-state index contributed by atoms with van der Waals surface area (Å²) in [5, 5.41) is 11.3. The molecule has 7 heteroatoms. The smallest absolute Gasteiger partial charge is 0.325 e. The van der Waals surface area contributed by atoms with Gasteiger partial charge in [0.05, 0.1) is 7.11 Å². The lowest BCUT2D eigenvalue weighted by Crippen LogP contribution is -2.41. The second-order valence-electron chi connectivity index (χ2n) is 4.66. The Labute approximate surface area is 119 Å². The number of methoxy groups -OCH3 is 1. The predicted octanol–water partition coefficient (Wildman–Crippen LogP) is 1.08. The van der Waals surface area contributed by atoms with Gasteiger partial charge in [-0.25, -0.2) is 4.79 Å². The Morgan fingerprint density at radius 1 is 1.30 bits per heavy atom. The first kappa shape index (κ1) is 18.2. The van der Waals surface area contributed by atoms with Crippen LogP contribution in [0, 0.1) is 5.92 Å². The molecule has 20 heavy (non-hydrogen) atoms. The van der Waals surface area contributed by atoms with Gasteiger partial charge in [-0.3, -0.25) is 9.59 Å². The normalized spacial score (nSPS) is 11.6. The van der Waals surface area contributed by atoms with Gasteiger partial charge in [0.25, 0.3) is 0 Å². The third kappa shape index (κ3) is 8.34. The zero-order valence-electron chi connectivity index (χ0n) is 12.3. The van der Waals surface area contributed by atoms with Crippen molar-refractivity contribution in [2.24, 2.45) is 5.92 Å². The van der Waals surface area contributed by atoms with Gasteiger partial charge in [0, 0.05) is 20.0 Å². The van der Waals surface area contributed by atoms with Crippen LogP contribution in [-0.2, 0) is 14.3 Å². The van der Waals surface area contributed by atoms with Gasteiger partial charge in [-0.05, 0) is 18.8 Å². The maximum absolute atomic E-state index is 11.6. The number of amides is 2. The summed E-state index contributed by atoms with van der Waals surface area (Å²) in [6, 6.07) is -0.344. The molecule has 0 aromatic carbocycles. The second kappa shape index (κ2) is 10.1. The van der Waals surface area contributed by atoms with Crippen LogP contribution in [0.4, 0.5) is 4.79 Å². The summed E-state index contributed by atoms with van der Waals surface area (Å²) in [6.07, 6.45) is 2.36. The molecular formula is C13H24N2O5. The Morgan fingerprint density at radius 3 is 2.45 bits per heavy atom. The molecule has 0 heterocycles. The summed E-state index contributed by atoms with van der Waals surface area (Å²) in [5.41, 5.74) is 0. The van der Waals surface area contributed by atoms with Crippen LogP contribution in [0.5, 0.6) is 0 Å². The fourth-order valence-corrected chi connectivity index (χ4v) is 1.73. The lowest BCUT2D eigenvalue weighted by atomic mass is 9.97. The summed E-state index contributed by atoms with van der Waals surface area (Å²) in [4.78, 5) is 34.4. The molecule has 0 aromatic heterocycles. The lowest BCUT2D eigenvalue weighted by Gasteiger charge is -2.18. The van der Waals surface area contributed by atoms with E-state index in [4.69, 9.17) is 5.11 Å². The number of aliphatic carboxylic acids is 1. The van der Waals surface area contributed by atoms with E-state index in [1.807, 2.05) is 6.92 Å². The predicted molar refractivity (Wildman–Crippen MR) is 73.3 cm³/mol. The number of carbonyl (C=O) groups is 3. The fourth-order valence-electron chi connectivity index (χ4n) is 1.73. The minimum Gasteiger partial charge on any atom is -0.481 e. The highest BCUT2D eigenvalue weighted by Gasteiger charge is 2.14. The molecule has 0 aliphatic heterocycles. The van der Waals surface area contributed by atoms with Gasteiger partial charge in [0.2, 0.25) is 0 Å². The molecule has 1 atom stereocenters. The number of urea groups is 1. The number of hydrogen-bond donors (Lipinski definition) is 2. The van der Waals surface area contributed by atoms with E-state index in [1.165, 1.54) is 19.1 Å². The van der Waals surface area contributed by atoms with Crippen molar-refractivity contribution in [3.8, 4) is 0 Å². The minimum atomic E-state index is -0.801. The van der Waals surface area contributed by atoms with E-state index < -0.39 is 11.9 Å². The molecule has 116 valence electrons. The van der Waals surface area contributed by atoms with Gasteiger partial charge >= 0.3 is 18.0 Å². The molecule has 0 saturated heterocycles. The average molecular weight is 288 g/mol. The molecule has 2 N–H and O–H groups in total. The largest absolute Gasteiger partial charge is 0.481 e. The van der Waals surface area contributed by atoms with E-state index in [1.54, 1.807) is 0 Å². The fraction of sp³-hybridized carbons (Fsp3) is 0.769. The summed E-state index contributed by atoms with van der Waals surface area (Å²) in [6.45, 7) is 2.36. The molecule has 0 fully saturated rings. The number of hydrogen-bond acceptors (Lipinski definition) is 4. The first-order chi connectivity index (χ1) is 9.40. The van der Waals surface area contributed by atoms with E-state index in [0.717, 1.165) is 12.8 Å². The van der Waals surface area contributed by atoms with Crippen molar-refractivity contribution in [3.05, 3.63) is 0 Å². The molecule has 1 unspecified atom stereocenters. The Kier molecular flexibility index (Phi) is 9.15. The summed E-state index contributed by atoms with van der Waals surface area (Å²) in [5.74, 6) is -1.00. The van der Waals surface area contributed by atoms with Crippen LogP contribution < -0.4 is 5.32 Å². The molecule has 2 amide bonds. The van der Waals surface area contributed by atoms with Crippen molar-refractivity contribution in [1.29, 1.82) is 0 Å². The third-order valence-electron chi connectivity index (χ3n) is 3.11. The first-order valence-electron chi connectivity index (χ1n) is 6.68. The maximum Gasteiger partial charge on any atom is 0.325 e. The van der Waals surface area contributed by atoms with Crippen LogP contribution in [0.15, 0.2) is 0 Å². The number of nitrogens with one attached hydrogen (secondary N) is 1. The van der Waals surface area contributed by atoms with Crippen molar-refractivity contribution < 1.29 is 24.2 Å². The molecule has 0 bridgehead atoms. The molecule has 0 spiro atoms. The Morgan fingerprint density at radius 2 is 1.95 bits per heavy atom. The van der Waals surface area contributed by atoms with E-state index in [2.05, 4.69) is 10.1 Å². The maximum atomic E-state index is 11.6. The van der Waals surface area contributed by atoms with Gasteiger partial charge < -0.3 is 20.1 Å². The molecular weight excluding hydrogens is 264 g/mol. The summed E-state index contributed by atoms with van der Waals surface area (Å²) >= 11 is 0. The van der Waals surface area contributed by atoms with Crippen molar-refractivity contribution >= 4 is 18.0 Å². The number of nitrogens with zero attached hydrogens (tertiary/aromatic N) is 1. The quantitative estimate of drug-likeness (QED) is 0.619. The van der Waals surface area contributed by atoms with Crippen LogP contribution in [0.3, 0.4) is 0 Å². The van der Waals surface area contributed by atoms with E-state index in [-0.39, 0.29) is 24.9 Å². The summed E-state index contributed by atoms with van der Waals surface area (Å²) < 4.78 is 4.47. The SMILES string of the molecule is CCC(CCNC(=O)N(C)CC(=O)OC)CCC(=O)O. The molecule has 0 saturated carbocycles. The lowest BCUT2D eigenvalue weighted by molar-refractivity contribution is -0.141. The number of ether oxygens (including phenoxy) is 1. The highest BCUT2D eigenvalue weighted by molar-refractivity contribution is 5.80. The molecule has 0 radical (unpaired) electrons. The van der Waals surface area contributed by atoms with E-state index in [9.17, 15) is 14.4 Å². The van der Waals surface area contributed by atoms with Gasteiger partial charge in [0.15, 0.2) is 0 Å².